The summed E-state index contributed by atoms with van der Waals surface area (Å²) in [6, 6.07) is 0.520. The van der Waals surface area contributed by atoms with E-state index < -0.39 is 5.54 Å². The van der Waals surface area contributed by atoms with Crippen molar-refractivity contribution in [3.63, 3.8) is 0 Å². The van der Waals surface area contributed by atoms with E-state index in [1.807, 2.05) is 13.8 Å². The molecule has 2 saturated carbocycles. The number of ether oxygens (including phenoxy) is 1. The van der Waals surface area contributed by atoms with Crippen LogP contribution in [0.2, 0.25) is 0 Å². The number of rotatable bonds is 6. The lowest BCUT2D eigenvalue weighted by Gasteiger charge is -2.33. The summed E-state index contributed by atoms with van der Waals surface area (Å²) >= 11 is 0. The van der Waals surface area contributed by atoms with Gasteiger partial charge < -0.3 is 9.64 Å². The molecule has 0 aromatic heterocycles. The van der Waals surface area contributed by atoms with E-state index >= 15 is 0 Å². The number of hydrogen-bond donors (Lipinski definition) is 1. The number of esters is 1. The average molecular weight is 280 g/mol. The van der Waals surface area contributed by atoms with E-state index in [0.717, 1.165) is 18.4 Å². The SMILES string of the molecule is CCOC(=O)C(C)(CN1CC2CCCC2C1)NC1CC1. The van der Waals surface area contributed by atoms with Crippen molar-refractivity contribution in [1.29, 1.82) is 0 Å². The monoisotopic (exact) mass is 280 g/mol. The smallest absolute Gasteiger partial charge is 0.327 e. The molecule has 0 amide bonds. The second-order valence-electron chi connectivity index (χ2n) is 7.12. The Morgan fingerprint density at radius 3 is 2.45 bits per heavy atom. The van der Waals surface area contributed by atoms with E-state index in [-0.39, 0.29) is 5.97 Å². The quantitative estimate of drug-likeness (QED) is 0.753. The first-order valence-electron chi connectivity index (χ1n) is 8.28. The fourth-order valence-corrected chi connectivity index (χ4v) is 4.05. The highest BCUT2D eigenvalue weighted by Crippen LogP contribution is 2.38. The fourth-order valence-electron chi connectivity index (χ4n) is 4.05. The van der Waals surface area contributed by atoms with Gasteiger partial charge in [-0.3, -0.25) is 10.1 Å². The molecule has 2 aliphatic carbocycles. The molecule has 3 unspecified atom stereocenters. The number of fused-ring (bicyclic) bond motifs is 1. The van der Waals surface area contributed by atoms with Gasteiger partial charge in [0.25, 0.3) is 0 Å². The molecule has 0 aromatic rings. The molecule has 3 rings (SSSR count). The molecule has 0 radical (unpaired) electrons. The molecule has 4 nitrogen and oxygen atoms in total. The first-order valence-corrected chi connectivity index (χ1v) is 8.28. The van der Waals surface area contributed by atoms with E-state index in [1.54, 1.807) is 0 Å². The van der Waals surface area contributed by atoms with Gasteiger partial charge >= 0.3 is 5.97 Å². The van der Waals surface area contributed by atoms with Crippen LogP contribution in [-0.4, -0.2) is 48.7 Å². The molecule has 0 spiro atoms. The minimum absolute atomic E-state index is 0.0797. The van der Waals surface area contributed by atoms with Crippen LogP contribution in [0, 0.1) is 11.8 Å². The summed E-state index contributed by atoms with van der Waals surface area (Å²) in [5.74, 6) is 1.67. The normalized spacial score (nSPS) is 32.9. The lowest BCUT2D eigenvalue weighted by atomic mass is 10.0. The fraction of sp³-hybridized carbons (Fsp3) is 0.938. The number of nitrogens with one attached hydrogen (secondary N) is 1. The molecular weight excluding hydrogens is 252 g/mol. The van der Waals surface area contributed by atoms with Gasteiger partial charge in [0.05, 0.1) is 6.61 Å². The van der Waals surface area contributed by atoms with Crippen LogP contribution in [0.15, 0.2) is 0 Å². The van der Waals surface area contributed by atoms with Crippen molar-refractivity contribution in [2.75, 3.05) is 26.2 Å². The van der Waals surface area contributed by atoms with Gasteiger partial charge in [-0.2, -0.15) is 0 Å². The zero-order valence-corrected chi connectivity index (χ0v) is 12.9. The molecule has 3 aliphatic rings. The van der Waals surface area contributed by atoms with E-state index in [4.69, 9.17) is 4.74 Å². The first-order chi connectivity index (χ1) is 9.60. The van der Waals surface area contributed by atoms with Crippen molar-refractivity contribution in [1.82, 2.24) is 10.2 Å². The van der Waals surface area contributed by atoms with Crippen LogP contribution in [0.1, 0.15) is 46.0 Å². The third-order valence-corrected chi connectivity index (χ3v) is 5.17. The molecule has 4 heteroatoms. The summed E-state index contributed by atoms with van der Waals surface area (Å²) in [5, 5.41) is 3.53. The molecule has 1 heterocycles. The van der Waals surface area contributed by atoms with Crippen LogP contribution >= 0.6 is 0 Å². The molecule has 3 atom stereocenters. The Morgan fingerprint density at radius 1 is 1.25 bits per heavy atom. The summed E-state index contributed by atoms with van der Waals surface area (Å²) in [6.07, 6.45) is 6.56. The van der Waals surface area contributed by atoms with Gasteiger partial charge in [0.15, 0.2) is 0 Å². The lowest BCUT2D eigenvalue weighted by molar-refractivity contribution is -0.151. The molecule has 1 aliphatic heterocycles. The Morgan fingerprint density at radius 2 is 1.90 bits per heavy atom. The van der Waals surface area contributed by atoms with Gasteiger partial charge in [0.2, 0.25) is 0 Å². The summed E-state index contributed by atoms with van der Waals surface area (Å²) in [7, 11) is 0. The second-order valence-corrected chi connectivity index (χ2v) is 7.12. The second kappa shape index (κ2) is 5.64. The highest BCUT2D eigenvalue weighted by Gasteiger charge is 2.44. The summed E-state index contributed by atoms with van der Waals surface area (Å²) in [6.45, 7) is 7.52. The Labute approximate surface area is 122 Å². The Bertz CT molecular complexity index is 357. The van der Waals surface area contributed by atoms with Crippen molar-refractivity contribution in [3.8, 4) is 0 Å². The highest BCUT2D eigenvalue weighted by atomic mass is 16.5. The van der Waals surface area contributed by atoms with E-state index in [2.05, 4.69) is 10.2 Å². The maximum Gasteiger partial charge on any atom is 0.327 e. The van der Waals surface area contributed by atoms with Crippen molar-refractivity contribution < 1.29 is 9.53 Å². The molecular formula is C16H28N2O2. The van der Waals surface area contributed by atoms with Crippen molar-refractivity contribution >= 4 is 5.97 Å². The van der Waals surface area contributed by atoms with Gasteiger partial charge in [-0.05, 0) is 51.4 Å². The number of hydrogen-bond acceptors (Lipinski definition) is 4. The lowest BCUT2D eigenvalue weighted by Crippen LogP contribution is -2.58. The Kier molecular flexibility index (Phi) is 4.04. The minimum atomic E-state index is -0.532. The minimum Gasteiger partial charge on any atom is -0.465 e. The third-order valence-electron chi connectivity index (χ3n) is 5.17. The van der Waals surface area contributed by atoms with Crippen LogP contribution in [0.4, 0.5) is 0 Å². The molecule has 0 aromatic carbocycles. The third kappa shape index (κ3) is 3.01. The van der Waals surface area contributed by atoms with Crippen LogP contribution in [-0.2, 0) is 9.53 Å². The molecule has 20 heavy (non-hydrogen) atoms. The van der Waals surface area contributed by atoms with Crippen molar-refractivity contribution in [3.05, 3.63) is 0 Å². The van der Waals surface area contributed by atoms with Crippen molar-refractivity contribution in [2.24, 2.45) is 11.8 Å². The van der Waals surface area contributed by atoms with Gasteiger partial charge in [0, 0.05) is 25.7 Å². The van der Waals surface area contributed by atoms with Gasteiger partial charge in [-0.1, -0.05) is 6.42 Å². The summed E-state index contributed by atoms with van der Waals surface area (Å²) in [5.41, 5.74) is -0.532. The number of carbonyl (C=O) groups is 1. The van der Waals surface area contributed by atoms with Crippen LogP contribution in [0.3, 0.4) is 0 Å². The molecule has 114 valence electrons. The predicted octanol–water partition coefficient (Wildman–Crippen LogP) is 1.79. The summed E-state index contributed by atoms with van der Waals surface area (Å²) in [4.78, 5) is 14.8. The molecule has 1 N–H and O–H groups in total. The molecule has 0 bridgehead atoms. The Balaban J connectivity index is 1.62. The average Bonchev–Trinajstić information content (AvgIpc) is 2.94. The van der Waals surface area contributed by atoms with E-state index in [1.165, 1.54) is 45.2 Å². The predicted molar refractivity (Wildman–Crippen MR) is 78.5 cm³/mol. The summed E-state index contributed by atoms with van der Waals surface area (Å²) < 4.78 is 5.31. The van der Waals surface area contributed by atoms with Crippen LogP contribution in [0.5, 0.6) is 0 Å². The Hall–Kier alpha value is -0.610. The molecule has 1 saturated heterocycles. The zero-order chi connectivity index (χ0) is 14.2. The molecule has 3 fully saturated rings. The number of carbonyl (C=O) groups excluding carboxylic acids is 1. The van der Waals surface area contributed by atoms with E-state index in [9.17, 15) is 4.79 Å². The first kappa shape index (κ1) is 14.3. The van der Waals surface area contributed by atoms with Crippen LogP contribution < -0.4 is 5.32 Å². The van der Waals surface area contributed by atoms with Gasteiger partial charge in [0.1, 0.15) is 5.54 Å². The van der Waals surface area contributed by atoms with Gasteiger partial charge in [-0.15, -0.1) is 0 Å². The highest BCUT2D eigenvalue weighted by molar-refractivity contribution is 5.80. The van der Waals surface area contributed by atoms with E-state index in [0.29, 0.717) is 12.6 Å². The largest absolute Gasteiger partial charge is 0.465 e. The standard InChI is InChI=1S/C16H28N2O2/c1-3-20-15(19)16(2,17-14-7-8-14)11-18-9-12-5-4-6-13(12)10-18/h12-14,17H,3-11H2,1-2H3. The maximum absolute atomic E-state index is 12.4. The topological polar surface area (TPSA) is 41.6 Å². The van der Waals surface area contributed by atoms with Crippen molar-refractivity contribution in [2.45, 2.75) is 57.5 Å². The number of likely N-dealkylation sites (tertiary alicyclic amines) is 1. The van der Waals surface area contributed by atoms with Gasteiger partial charge in [-0.25, -0.2) is 0 Å². The van der Waals surface area contributed by atoms with Crippen LogP contribution in [0.25, 0.3) is 0 Å². The number of nitrogens with zero attached hydrogens (tertiary/aromatic N) is 1. The zero-order valence-electron chi connectivity index (χ0n) is 12.9. The maximum atomic E-state index is 12.4.